The van der Waals surface area contributed by atoms with Crippen LogP contribution < -0.4 is 10.6 Å². The van der Waals surface area contributed by atoms with Crippen molar-refractivity contribution in [1.82, 2.24) is 10.6 Å². The van der Waals surface area contributed by atoms with Crippen LogP contribution in [0.2, 0.25) is 5.02 Å². The number of halogens is 1. The lowest BCUT2D eigenvalue weighted by Crippen LogP contribution is -2.33. The first-order chi connectivity index (χ1) is 9.63. The van der Waals surface area contributed by atoms with Crippen LogP contribution in [0, 0.1) is 0 Å². The summed E-state index contributed by atoms with van der Waals surface area (Å²) in [6.07, 6.45) is 0. The predicted molar refractivity (Wildman–Crippen MR) is 78.3 cm³/mol. The van der Waals surface area contributed by atoms with E-state index in [0.29, 0.717) is 30.4 Å². The van der Waals surface area contributed by atoms with Gasteiger partial charge in [0.2, 0.25) is 0 Å². The van der Waals surface area contributed by atoms with Gasteiger partial charge in [0, 0.05) is 18.1 Å². The van der Waals surface area contributed by atoms with E-state index in [-0.39, 0.29) is 19.1 Å². The summed E-state index contributed by atoms with van der Waals surface area (Å²) < 4.78 is 5.03. The standard InChI is InChI=1S/C14H19ClN2O3/c1-11(14(19)16-6-8-20-9-7-18)17-10-12-2-4-13(15)5-3-12/h2-5,17-18H,1,6-10H2,(H,16,19). The van der Waals surface area contributed by atoms with Crippen molar-refractivity contribution in [2.75, 3.05) is 26.4 Å². The van der Waals surface area contributed by atoms with Crippen LogP contribution in [0.3, 0.4) is 0 Å². The third kappa shape index (κ3) is 6.56. The molecule has 0 aromatic heterocycles. The van der Waals surface area contributed by atoms with Crippen molar-refractivity contribution in [3.8, 4) is 0 Å². The maximum Gasteiger partial charge on any atom is 0.266 e. The largest absolute Gasteiger partial charge is 0.394 e. The van der Waals surface area contributed by atoms with Crippen LogP contribution in [0.4, 0.5) is 0 Å². The quantitative estimate of drug-likeness (QED) is 0.471. The molecule has 0 aliphatic heterocycles. The van der Waals surface area contributed by atoms with E-state index in [1.165, 1.54) is 0 Å². The van der Waals surface area contributed by atoms with E-state index >= 15 is 0 Å². The third-order valence-corrected chi connectivity index (χ3v) is 2.71. The zero-order chi connectivity index (χ0) is 14.8. The molecule has 0 unspecified atom stereocenters. The first-order valence-corrected chi connectivity index (χ1v) is 6.65. The molecule has 0 saturated heterocycles. The Hall–Kier alpha value is -1.56. The molecule has 0 fully saturated rings. The highest BCUT2D eigenvalue weighted by Crippen LogP contribution is 2.09. The monoisotopic (exact) mass is 298 g/mol. The Labute approximate surface area is 123 Å². The molecule has 1 aromatic carbocycles. The minimum Gasteiger partial charge on any atom is -0.394 e. The van der Waals surface area contributed by atoms with E-state index in [1.54, 1.807) is 12.1 Å². The highest BCUT2D eigenvalue weighted by Gasteiger charge is 2.05. The van der Waals surface area contributed by atoms with Crippen molar-refractivity contribution in [2.24, 2.45) is 0 Å². The zero-order valence-corrected chi connectivity index (χ0v) is 11.9. The molecule has 0 spiro atoms. The van der Waals surface area contributed by atoms with Gasteiger partial charge >= 0.3 is 0 Å². The lowest BCUT2D eigenvalue weighted by atomic mass is 10.2. The van der Waals surface area contributed by atoms with Crippen molar-refractivity contribution < 1.29 is 14.6 Å². The Morgan fingerprint density at radius 3 is 2.60 bits per heavy atom. The molecule has 1 amide bonds. The van der Waals surface area contributed by atoms with Gasteiger partial charge in [-0.3, -0.25) is 4.79 Å². The summed E-state index contributed by atoms with van der Waals surface area (Å²) >= 11 is 5.79. The van der Waals surface area contributed by atoms with Gasteiger partial charge in [-0.05, 0) is 17.7 Å². The third-order valence-electron chi connectivity index (χ3n) is 2.46. The first kappa shape index (κ1) is 16.5. The van der Waals surface area contributed by atoms with Crippen LogP contribution in [0.5, 0.6) is 0 Å². The summed E-state index contributed by atoms with van der Waals surface area (Å²) in [6.45, 7) is 5.16. The smallest absolute Gasteiger partial charge is 0.266 e. The molecule has 0 aliphatic rings. The van der Waals surface area contributed by atoms with Crippen LogP contribution in [-0.4, -0.2) is 37.4 Å². The molecular formula is C14H19ClN2O3. The molecule has 0 heterocycles. The fourth-order valence-electron chi connectivity index (χ4n) is 1.40. The Kier molecular flexibility index (Phi) is 7.72. The first-order valence-electron chi connectivity index (χ1n) is 6.27. The average Bonchev–Trinajstić information content (AvgIpc) is 2.46. The Balaban J connectivity index is 2.21. The van der Waals surface area contributed by atoms with Gasteiger partial charge in [-0.15, -0.1) is 0 Å². The summed E-state index contributed by atoms with van der Waals surface area (Å²) in [5.74, 6) is -0.272. The molecule has 20 heavy (non-hydrogen) atoms. The Morgan fingerprint density at radius 2 is 1.95 bits per heavy atom. The minimum atomic E-state index is -0.272. The van der Waals surface area contributed by atoms with Crippen LogP contribution in [0.25, 0.3) is 0 Å². The average molecular weight is 299 g/mol. The fourth-order valence-corrected chi connectivity index (χ4v) is 1.53. The topological polar surface area (TPSA) is 70.6 Å². The van der Waals surface area contributed by atoms with Crippen molar-refractivity contribution in [3.63, 3.8) is 0 Å². The maximum absolute atomic E-state index is 11.7. The summed E-state index contributed by atoms with van der Waals surface area (Å²) in [6, 6.07) is 7.34. The highest BCUT2D eigenvalue weighted by atomic mass is 35.5. The number of carbonyl (C=O) groups excluding carboxylic acids is 1. The lowest BCUT2D eigenvalue weighted by Gasteiger charge is -2.10. The maximum atomic E-state index is 11.7. The van der Waals surface area contributed by atoms with Crippen molar-refractivity contribution in [3.05, 3.63) is 47.1 Å². The molecule has 0 radical (unpaired) electrons. The molecule has 1 aromatic rings. The van der Waals surface area contributed by atoms with Crippen LogP contribution >= 0.6 is 11.6 Å². The number of carbonyl (C=O) groups is 1. The van der Waals surface area contributed by atoms with Crippen LogP contribution in [-0.2, 0) is 16.1 Å². The predicted octanol–water partition coefficient (Wildman–Crippen LogP) is 1.07. The number of aliphatic hydroxyl groups is 1. The second kappa shape index (κ2) is 9.36. The molecule has 0 bridgehead atoms. The number of ether oxygens (including phenoxy) is 1. The van der Waals surface area contributed by atoms with Gasteiger partial charge in [-0.2, -0.15) is 0 Å². The van der Waals surface area contributed by atoms with E-state index in [1.807, 2.05) is 12.1 Å². The van der Waals surface area contributed by atoms with Gasteiger partial charge < -0.3 is 20.5 Å². The van der Waals surface area contributed by atoms with E-state index in [2.05, 4.69) is 17.2 Å². The van der Waals surface area contributed by atoms with Crippen molar-refractivity contribution >= 4 is 17.5 Å². The van der Waals surface area contributed by atoms with Crippen molar-refractivity contribution in [1.29, 1.82) is 0 Å². The van der Waals surface area contributed by atoms with E-state index in [9.17, 15) is 4.79 Å². The van der Waals surface area contributed by atoms with Gasteiger partial charge in [0.05, 0.1) is 25.5 Å². The van der Waals surface area contributed by atoms with E-state index < -0.39 is 0 Å². The zero-order valence-electron chi connectivity index (χ0n) is 11.2. The number of aliphatic hydroxyl groups excluding tert-OH is 1. The number of benzene rings is 1. The molecule has 3 N–H and O–H groups in total. The molecule has 0 saturated carbocycles. The lowest BCUT2D eigenvalue weighted by molar-refractivity contribution is -0.118. The van der Waals surface area contributed by atoms with Gasteiger partial charge in [0.15, 0.2) is 0 Å². The molecule has 0 aliphatic carbocycles. The minimum absolute atomic E-state index is 0.0245. The Bertz CT molecular complexity index is 435. The van der Waals surface area contributed by atoms with Gasteiger partial charge in [0.25, 0.3) is 5.91 Å². The van der Waals surface area contributed by atoms with Crippen molar-refractivity contribution in [2.45, 2.75) is 6.54 Å². The molecular weight excluding hydrogens is 280 g/mol. The van der Waals surface area contributed by atoms with Crippen LogP contribution in [0.1, 0.15) is 5.56 Å². The number of hydrogen-bond donors (Lipinski definition) is 3. The summed E-state index contributed by atoms with van der Waals surface area (Å²) in [7, 11) is 0. The van der Waals surface area contributed by atoms with Gasteiger partial charge in [0.1, 0.15) is 0 Å². The highest BCUT2D eigenvalue weighted by molar-refractivity contribution is 6.30. The van der Waals surface area contributed by atoms with E-state index in [0.717, 1.165) is 5.56 Å². The number of hydrogen-bond acceptors (Lipinski definition) is 4. The normalized spacial score (nSPS) is 10.1. The second-order valence-corrected chi connectivity index (χ2v) is 4.49. The summed E-state index contributed by atoms with van der Waals surface area (Å²) in [5, 5.41) is 14.8. The van der Waals surface area contributed by atoms with Crippen LogP contribution in [0.15, 0.2) is 36.5 Å². The number of nitrogens with one attached hydrogen (secondary N) is 2. The van der Waals surface area contributed by atoms with E-state index in [4.69, 9.17) is 21.4 Å². The SMILES string of the molecule is C=C(NCc1ccc(Cl)cc1)C(=O)NCCOCCO. The molecule has 5 nitrogen and oxygen atoms in total. The van der Waals surface area contributed by atoms with Gasteiger partial charge in [-0.1, -0.05) is 30.3 Å². The molecule has 6 heteroatoms. The number of amides is 1. The summed E-state index contributed by atoms with van der Waals surface area (Å²) in [5.41, 5.74) is 1.30. The van der Waals surface area contributed by atoms with Gasteiger partial charge in [-0.25, -0.2) is 0 Å². The molecule has 0 atom stereocenters. The molecule has 110 valence electrons. The Morgan fingerprint density at radius 1 is 1.25 bits per heavy atom. The fraction of sp³-hybridized carbons (Fsp3) is 0.357. The second-order valence-electron chi connectivity index (χ2n) is 4.05. The number of rotatable bonds is 9. The molecule has 1 rings (SSSR count). The summed E-state index contributed by atoms with van der Waals surface area (Å²) in [4.78, 5) is 11.7.